The van der Waals surface area contributed by atoms with Gasteiger partial charge >= 0.3 is 0 Å². The van der Waals surface area contributed by atoms with Crippen molar-refractivity contribution in [2.24, 2.45) is 0 Å². The summed E-state index contributed by atoms with van der Waals surface area (Å²) in [5.74, 6) is -0.119. The molecule has 2 aromatic carbocycles. The van der Waals surface area contributed by atoms with E-state index in [1.165, 1.54) is 12.1 Å². The summed E-state index contributed by atoms with van der Waals surface area (Å²) in [4.78, 5) is 0.166. The predicted octanol–water partition coefficient (Wildman–Crippen LogP) is 2.08. The van der Waals surface area contributed by atoms with Crippen LogP contribution in [0.15, 0.2) is 53.4 Å². The minimum absolute atomic E-state index is 0.166. The Kier molecular flexibility index (Phi) is 5.37. The number of hydrogen-bond donors (Lipinski definition) is 1. The Morgan fingerprint density at radius 3 is 2.48 bits per heavy atom. The average Bonchev–Trinajstić information content (AvgIpc) is 2.53. The first-order valence-electron chi connectivity index (χ1n) is 7.02. The van der Waals surface area contributed by atoms with Gasteiger partial charge in [-0.15, -0.1) is 0 Å². The number of rotatable bonds is 6. The van der Waals surface area contributed by atoms with Crippen LogP contribution in [0.5, 0.6) is 5.75 Å². The summed E-state index contributed by atoms with van der Waals surface area (Å²) in [6.45, 7) is 1.66. The molecular formula is C17H17NO4S. The Balaban J connectivity index is 2.00. The molecule has 2 rings (SSSR count). The minimum atomic E-state index is -3.59. The number of para-hydroxylation sites is 1. The number of ether oxygens (including phenoxy) is 1. The van der Waals surface area contributed by atoms with Gasteiger partial charge in [0.1, 0.15) is 24.5 Å². The highest BCUT2D eigenvalue weighted by atomic mass is 32.2. The zero-order valence-electron chi connectivity index (χ0n) is 12.6. The average molecular weight is 331 g/mol. The minimum Gasteiger partial charge on any atom is -0.489 e. The van der Waals surface area contributed by atoms with Gasteiger partial charge in [-0.05, 0) is 31.2 Å². The van der Waals surface area contributed by atoms with E-state index < -0.39 is 21.7 Å². The van der Waals surface area contributed by atoms with Crippen LogP contribution in [0.1, 0.15) is 11.1 Å². The highest BCUT2D eigenvalue weighted by molar-refractivity contribution is 7.91. The number of hydrogen-bond acceptors (Lipinski definition) is 5. The summed E-state index contributed by atoms with van der Waals surface area (Å²) in [7, 11) is -3.59. The van der Waals surface area contributed by atoms with E-state index in [0.717, 1.165) is 5.56 Å². The lowest BCUT2D eigenvalue weighted by atomic mass is 10.2. The van der Waals surface area contributed by atoms with Gasteiger partial charge in [0.2, 0.25) is 0 Å². The monoisotopic (exact) mass is 331 g/mol. The third-order valence-corrected chi connectivity index (χ3v) is 5.04. The molecule has 0 saturated heterocycles. The fourth-order valence-corrected chi connectivity index (χ4v) is 3.36. The fourth-order valence-electron chi connectivity index (χ4n) is 2.01. The standard InChI is InChI=1S/C17H17NO4S/c1-13-6-8-16(9-7-13)23(20,21)12-15(19)11-22-17-5-3-2-4-14(17)10-18/h2-9,15,19H,11-12H2,1H3/t15-/m0/s1. The smallest absolute Gasteiger partial charge is 0.181 e. The van der Waals surface area contributed by atoms with Crippen LogP contribution in [0.3, 0.4) is 0 Å². The van der Waals surface area contributed by atoms with E-state index in [4.69, 9.17) is 10.00 Å². The van der Waals surface area contributed by atoms with Gasteiger partial charge in [0, 0.05) is 0 Å². The van der Waals surface area contributed by atoms with Gasteiger partial charge in [0.05, 0.1) is 16.2 Å². The maximum Gasteiger partial charge on any atom is 0.181 e. The third-order valence-electron chi connectivity index (χ3n) is 3.23. The van der Waals surface area contributed by atoms with E-state index in [-0.39, 0.29) is 11.5 Å². The Bertz CT molecular complexity index is 807. The van der Waals surface area contributed by atoms with Crippen LogP contribution in [0.2, 0.25) is 0 Å². The molecule has 0 radical (unpaired) electrons. The first-order valence-corrected chi connectivity index (χ1v) is 8.67. The zero-order valence-corrected chi connectivity index (χ0v) is 13.5. The lowest BCUT2D eigenvalue weighted by molar-refractivity contribution is 0.124. The molecule has 1 atom stereocenters. The maximum atomic E-state index is 12.2. The molecule has 120 valence electrons. The molecule has 1 N–H and O–H groups in total. The molecule has 5 nitrogen and oxygen atoms in total. The van der Waals surface area contributed by atoms with Crippen molar-refractivity contribution in [3.05, 3.63) is 59.7 Å². The van der Waals surface area contributed by atoms with E-state index in [2.05, 4.69) is 0 Å². The Hall–Kier alpha value is -2.36. The topological polar surface area (TPSA) is 87.4 Å². The van der Waals surface area contributed by atoms with Crippen LogP contribution in [0.4, 0.5) is 0 Å². The maximum absolute atomic E-state index is 12.2. The molecule has 0 saturated carbocycles. The molecule has 6 heteroatoms. The van der Waals surface area contributed by atoms with Crippen molar-refractivity contribution < 1.29 is 18.3 Å². The van der Waals surface area contributed by atoms with Crippen molar-refractivity contribution in [3.63, 3.8) is 0 Å². The van der Waals surface area contributed by atoms with Crippen molar-refractivity contribution in [2.75, 3.05) is 12.4 Å². The molecule has 23 heavy (non-hydrogen) atoms. The van der Waals surface area contributed by atoms with Crippen LogP contribution in [0, 0.1) is 18.3 Å². The highest BCUT2D eigenvalue weighted by Gasteiger charge is 2.20. The van der Waals surface area contributed by atoms with Gasteiger partial charge < -0.3 is 9.84 Å². The second kappa shape index (κ2) is 7.27. The molecule has 2 aromatic rings. The summed E-state index contributed by atoms with van der Waals surface area (Å²) in [5.41, 5.74) is 1.29. The molecule has 0 aliphatic heterocycles. The molecule has 0 aliphatic carbocycles. The quantitative estimate of drug-likeness (QED) is 0.875. The normalized spacial score (nSPS) is 12.4. The number of benzene rings is 2. The summed E-state index contributed by atoms with van der Waals surface area (Å²) in [6.07, 6.45) is -1.19. The summed E-state index contributed by atoms with van der Waals surface area (Å²) in [5, 5.41) is 18.9. The van der Waals surface area contributed by atoms with Gasteiger partial charge in [0.25, 0.3) is 0 Å². The van der Waals surface area contributed by atoms with Crippen molar-refractivity contribution in [2.45, 2.75) is 17.9 Å². The Labute approximate surface area is 135 Å². The van der Waals surface area contributed by atoms with E-state index in [1.807, 2.05) is 13.0 Å². The van der Waals surface area contributed by atoms with E-state index in [9.17, 15) is 13.5 Å². The number of aliphatic hydroxyl groups excluding tert-OH is 1. The van der Waals surface area contributed by atoms with Gasteiger partial charge in [-0.25, -0.2) is 8.42 Å². The predicted molar refractivity (Wildman–Crippen MR) is 85.9 cm³/mol. The number of aryl methyl sites for hydroxylation is 1. The van der Waals surface area contributed by atoms with Gasteiger partial charge in [-0.1, -0.05) is 29.8 Å². The van der Waals surface area contributed by atoms with Crippen LogP contribution in [-0.2, 0) is 9.84 Å². The van der Waals surface area contributed by atoms with Crippen LogP contribution >= 0.6 is 0 Å². The number of sulfone groups is 1. The van der Waals surface area contributed by atoms with Crippen molar-refractivity contribution in [1.82, 2.24) is 0 Å². The molecular weight excluding hydrogens is 314 g/mol. The van der Waals surface area contributed by atoms with Crippen LogP contribution in [0.25, 0.3) is 0 Å². The second-order valence-corrected chi connectivity index (χ2v) is 7.20. The van der Waals surface area contributed by atoms with Crippen molar-refractivity contribution in [3.8, 4) is 11.8 Å². The van der Waals surface area contributed by atoms with Crippen LogP contribution in [-0.4, -0.2) is 32.0 Å². The van der Waals surface area contributed by atoms with E-state index in [0.29, 0.717) is 11.3 Å². The molecule has 0 fully saturated rings. The molecule has 0 amide bonds. The summed E-state index contributed by atoms with van der Waals surface area (Å²) in [6, 6.07) is 15.0. The van der Waals surface area contributed by atoms with Gasteiger partial charge in [-0.3, -0.25) is 0 Å². The second-order valence-electron chi connectivity index (χ2n) is 5.17. The summed E-state index contributed by atoms with van der Waals surface area (Å²) >= 11 is 0. The third kappa shape index (κ3) is 4.55. The van der Waals surface area contributed by atoms with Gasteiger partial charge in [0.15, 0.2) is 9.84 Å². The lowest BCUT2D eigenvalue weighted by Gasteiger charge is -2.13. The molecule has 0 bridgehead atoms. The Morgan fingerprint density at radius 1 is 1.17 bits per heavy atom. The highest BCUT2D eigenvalue weighted by Crippen LogP contribution is 2.18. The Morgan fingerprint density at radius 2 is 1.83 bits per heavy atom. The SMILES string of the molecule is Cc1ccc(S(=O)(=O)C[C@@H](O)COc2ccccc2C#N)cc1. The first-order chi connectivity index (χ1) is 10.9. The zero-order chi connectivity index (χ0) is 16.9. The van der Waals surface area contributed by atoms with Crippen LogP contribution < -0.4 is 4.74 Å². The molecule has 0 unspecified atom stereocenters. The number of nitrogens with zero attached hydrogens (tertiary/aromatic N) is 1. The lowest BCUT2D eigenvalue weighted by Crippen LogP contribution is -2.27. The largest absolute Gasteiger partial charge is 0.489 e. The molecule has 0 aliphatic rings. The number of nitriles is 1. The molecule has 0 aromatic heterocycles. The van der Waals surface area contributed by atoms with E-state index >= 15 is 0 Å². The molecule has 0 spiro atoms. The van der Waals surface area contributed by atoms with Crippen molar-refractivity contribution in [1.29, 1.82) is 5.26 Å². The number of aliphatic hydroxyl groups is 1. The fraction of sp³-hybridized carbons (Fsp3) is 0.235. The molecule has 0 heterocycles. The first kappa shape index (κ1) is 17.0. The summed E-state index contributed by atoms with van der Waals surface area (Å²) < 4.78 is 29.8. The van der Waals surface area contributed by atoms with Gasteiger partial charge in [-0.2, -0.15) is 5.26 Å². The van der Waals surface area contributed by atoms with E-state index in [1.54, 1.807) is 36.4 Å². The van der Waals surface area contributed by atoms with Crippen molar-refractivity contribution >= 4 is 9.84 Å².